The number of benzene rings is 2. The number of hydrogen-bond acceptors (Lipinski definition) is 3. The molecule has 3 rings (SSSR count). The first-order chi connectivity index (χ1) is 12.4. The van der Waals surface area contributed by atoms with E-state index in [1.807, 2.05) is 0 Å². The Hall–Kier alpha value is -2.60. The first-order valence-corrected chi connectivity index (χ1v) is 8.47. The lowest BCUT2D eigenvalue weighted by atomic mass is 10.1. The normalized spacial score (nSPS) is 16.8. The number of ether oxygens (including phenoxy) is 1. The number of nitrogens with zero attached hydrogens (tertiary/aromatic N) is 1. The maximum absolute atomic E-state index is 13.7. The minimum atomic E-state index is -0.983. The molecule has 2 aromatic rings. The fourth-order valence-electron chi connectivity index (χ4n) is 2.88. The third-order valence-electron chi connectivity index (χ3n) is 4.29. The van der Waals surface area contributed by atoms with E-state index in [-0.39, 0.29) is 37.8 Å². The highest BCUT2D eigenvalue weighted by atomic mass is 35.5. The summed E-state index contributed by atoms with van der Waals surface area (Å²) < 4.78 is 19.5. The fraction of sp³-hybridized carbons (Fsp3) is 0.263. The standard InChI is InChI=1S/C19H17ClFNO4/c20-15-5-6-17(26-11-12-3-1-2-4-16(12)21)13(7-15)9-22-10-14(19(24)25)8-18(22)23/h1-7,14H,8-11H2,(H,24,25). The van der Waals surface area contributed by atoms with Gasteiger partial charge in [0, 0.05) is 35.7 Å². The van der Waals surface area contributed by atoms with E-state index in [1.54, 1.807) is 36.4 Å². The van der Waals surface area contributed by atoms with Gasteiger partial charge in [0.05, 0.1) is 5.92 Å². The lowest BCUT2D eigenvalue weighted by Crippen LogP contribution is -2.26. The van der Waals surface area contributed by atoms with Gasteiger partial charge in [-0.05, 0) is 24.3 Å². The number of likely N-dealkylation sites (tertiary alicyclic amines) is 1. The minimum absolute atomic E-state index is 0.0126. The smallest absolute Gasteiger partial charge is 0.308 e. The molecule has 0 aromatic heterocycles. The van der Waals surface area contributed by atoms with Gasteiger partial charge in [0.25, 0.3) is 0 Å². The molecular weight excluding hydrogens is 361 g/mol. The highest BCUT2D eigenvalue weighted by molar-refractivity contribution is 6.30. The summed E-state index contributed by atoms with van der Waals surface area (Å²) in [4.78, 5) is 24.6. The third kappa shape index (κ3) is 4.14. The Morgan fingerprint density at radius 3 is 2.73 bits per heavy atom. The van der Waals surface area contributed by atoms with Crippen LogP contribution in [0, 0.1) is 11.7 Å². The number of halogens is 2. The molecule has 1 fully saturated rings. The number of hydrogen-bond donors (Lipinski definition) is 1. The van der Waals surface area contributed by atoms with Crippen molar-refractivity contribution >= 4 is 23.5 Å². The Kier molecular flexibility index (Phi) is 5.42. The zero-order valence-electron chi connectivity index (χ0n) is 13.8. The molecule has 0 bridgehead atoms. The molecule has 1 atom stereocenters. The number of amides is 1. The summed E-state index contributed by atoms with van der Waals surface area (Å²) in [6.07, 6.45) is -0.0126. The number of carboxylic acid groups (broad SMARTS) is 1. The van der Waals surface area contributed by atoms with Gasteiger partial charge in [0.1, 0.15) is 18.2 Å². The largest absolute Gasteiger partial charge is 0.488 e. The number of carbonyl (C=O) groups is 2. The monoisotopic (exact) mass is 377 g/mol. The van der Waals surface area contributed by atoms with Gasteiger partial charge >= 0.3 is 5.97 Å². The maximum atomic E-state index is 13.7. The van der Waals surface area contributed by atoms with E-state index in [1.165, 1.54) is 11.0 Å². The summed E-state index contributed by atoms with van der Waals surface area (Å²) >= 11 is 6.05. The lowest BCUT2D eigenvalue weighted by molar-refractivity contribution is -0.141. The van der Waals surface area contributed by atoms with Crippen LogP contribution in [0.25, 0.3) is 0 Å². The Bertz CT molecular complexity index is 842. The van der Waals surface area contributed by atoms with E-state index in [4.69, 9.17) is 21.4 Å². The Labute approximate surface area is 154 Å². The molecule has 1 unspecified atom stereocenters. The van der Waals surface area contributed by atoms with Crippen molar-refractivity contribution in [1.29, 1.82) is 0 Å². The molecule has 1 saturated heterocycles. The zero-order valence-corrected chi connectivity index (χ0v) is 14.6. The Morgan fingerprint density at radius 2 is 2.04 bits per heavy atom. The van der Waals surface area contributed by atoms with Crippen molar-refractivity contribution in [3.05, 3.63) is 64.4 Å². The maximum Gasteiger partial charge on any atom is 0.308 e. The molecule has 1 amide bonds. The van der Waals surface area contributed by atoms with Crippen LogP contribution < -0.4 is 4.74 Å². The first-order valence-electron chi connectivity index (χ1n) is 8.09. The van der Waals surface area contributed by atoms with Crippen LogP contribution in [0.2, 0.25) is 5.02 Å². The second kappa shape index (κ2) is 7.74. The van der Waals surface area contributed by atoms with Gasteiger partial charge in [-0.15, -0.1) is 0 Å². The van der Waals surface area contributed by atoms with E-state index in [0.717, 1.165) is 0 Å². The van der Waals surface area contributed by atoms with Crippen molar-refractivity contribution in [1.82, 2.24) is 4.90 Å². The molecule has 0 saturated carbocycles. The van der Waals surface area contributed by atoms with E-state index >= 15 is 0 Å². The van der Waals surface area contributed by atoms with Gasteiger partial charge in [-0.1, -0.05) is 29.8 Å². The molecule has 136 valence electrons. The van der Waals surface area contributed by atoms with E-state index in [2.05, 4.69) is 0 Å². The minimum Gasteiger partial charge on any atom is -0.488 e. The molecule has 2 aromatic carbocycles. The van der Waals surface area contributed by atoms with Crippen LogP contribution in [0.4, 0.5) is 4.39 Å². The average molecular weight is 378 g/mol. The molecule has 26 heavy (non-hydrogen) atoms. The van der Waals surface area contributed by atoms with Crippen LogP contribution in [0.3, 0.4) is 0 Å². The topological polar surface area (TPSA) is 66.8 Å². The van der Waals surface area contributed by atoms with Gasteiger partial charge < -0.3 is 14.7 Å². The van der Waals surface area contributed by atoms with Crippen molar-refractivity contribution in [2.45, 2.75) is 19.6 Å². The molecule has 1 heterocycles. The van der Waals surface area contributed by atoms with Gasteiger partial charge in [0.15, 0.2) is 0 Å². The summed E-state index contributed by atoms with van der Waals surface area (Å²) in [5, 5.41) is 9.56. The SMILES string of the molecule is O=C(O)C1CC(=O)N(Cc2cc(Cl)ccc2OCc2ccccc2F)C1. The highest BCUT2D eigenvalue weighted by Crippen LogP contribution is 2.28. The van der Waals surface area contributed by atoms with Crippen molar-refractivity contribution in [2.75, 3.05) is 6.54 Å². The van der Waals surface area contributed by atoms with Crippen molar-refractivity contribution in [3.8, 4) is 5.75 Å². The highest BCUT2D eigenvalue weighted by Gasteiger charge is 2.34. The number of rotatable bonds is 6. The third-order valence-corrected chi connectivity index (χ3v) is 4.52. The zero-order chi connectivity index (χ0) is 18.7. The Morgan fingerprint density at radius 1 is 1.27 bits per heavy atom. The van der Waals surface area contributed by atoms with Gasteiger partial charge in [-0.25, -0.2) is 4.39 Å². The van der Waals surface area contributed by atoms with Crippen molar-refractivity contribution < 1.29 is 23.8 Å². The van der Waals surface area contributed by atoms with E-state index < -0.39 is 11.9 Å². The number of carbonyl (C=O) groups excluding carboxylic acids is 1. The first kappa shape index (κ1) is 18.2. The van der Waals surface area contributed by atoms with Gasteiger partial charge in [0.2, 0.25) is 5.91 Å². The molecule has 0 aliphatic carbocycles. The van der Waals surface area contributed by atoms with E-state index in [9.17, 15) is 14.0 Å². The molecular formula is C19H17ClFNO4. The second-order valence-corrected chi connectivity index (χ2v) is 6.58. The van der Waals surface area contributed by atoms with Crippen LogP contribution in [0.5, 0.6) is 5.75 Å². The van der Waals surface area contributed by atoms with Crippen LogP contribution in [0.15, 0.2) is 42.5 Å². The molecule has 0 radical (unpaired) electrons. The number of aliphatic carboxylic acids is 1. The molecule has 5 nitrogen and oxygen atoms in total. The van der Waals surface area contributed by atoms with Crippen LogP contribution in [0.1, 0.15) is 17.5 Å². The molecule has 1 N–H and O–H groups in total. The summed E-state index contributed by atoms with van der Waals surface area (Å²) in [7, 11) is 0. The lowest BCUT2D eigenvalue weighted by Gasteiger charge is -2.19. The van der Waals surface area contributed by atoms with Gasteiger partial charge in [-0.3, -0.25) is 9.59 Å². The van der Waals surface area contributed by atoms with Gasteiger partial charge in [-0.2, -0.15) is 0 Å². The van der Waals surface area contributed by atoms with Crippen LogP contribution in [-0.2, 0) is 22.7 Å². The molecule has 7 heteroatoms. The summed E-state index contributed by atoms with van der Waals surface area (Å²) in [5.74, 6) is -1.80. The quantitative estimate of drug-likeness (QED) is 0.836. The van der Waals surface area contributed by atoms with Crippen LogP contribution in [-0.4, -0.2) is 28.4 Å². The average Bonchev–Trinajstić information content (AvgIpc) is 2.97. The molecule has 1 aliphatic heterocycles. The predicted octanol–water partition coefficient (Wildman–Crippen LogP) is 3.49. The molecule has 0 spiro atoms. The predicted molar refractivity (Wildman–Crippen MR) is 93.3 cm³/mol. The summed E-state index contributed by atoms with van der Waals surface area (Å²) in [6, 6.07) is 11.3. The van der Waals surface area contributed by atoms with Crippen molar-refractivity contribution in [2.24, 2.45) is 5.92 Å². The number of carboxylic acids is 1. The van der Waals surface area contributed by atoms with E-state index in [0.29, 0.717) is 21.9 Å². The Balaban J connectivity index is 1.75. The summed E-state index contributed by atoms with van der Waals surface area (Å²) in [6.45, 7) is 0.371. The molecule has 1 aliphatic rings. The summed E-state index contributed by atoms with van der Waals surface area (Å²) in [5.41, 5.74) is 1.06. The second-order valence-electron chi connectivity index (χ2n) is 6.15. The fourth-order valence-corrected chi connectivity index (χ4v) is 3.07. The van der Waals surface area contributed by atoms with Crippen LogP contribution >= 0.6 is 11.6 Å². The van der Waals surface area contributed by atoms with Crippen molar-refractivity contribution in [3.63, 3.8) is 0 Å².